The minimum atomic E-state index is -1.22. The summed E-state index contributed by atoms with van der Waals surface area (Å²) < 4.78 is 0. The third-order valence-corrected chi connectivity index (χ3v) is 19.2. The molecule has 12 aromatic carbocycles. The summed E-state index contributed by atoms with van der Waals surface area (Å²) in [6.45, 7) is 8.54. The summed E-state index contributed by atoms with van der Waals surface area (Å²) in [5, 5.41) is 156. The van der Waals surface area contributed by atoms with E-state index in [-0.39, 0.29) is 97.0 Å². The average Bonchev–Trinajstić information content (AvgIpc) is 0.750. The largest absolute Gasteiger partial charge is 0.507 e. The van der Waals surface area contributed by atoms with Crippen LogP contribution in [0.25, 0.3) is 89.0 Å². The molecule has 0 aliphatic heterocycles. The van der Waals surface area contributed by atoms with Crippen molar-refractivity contribution in [3.8, 4) is 135 Å². The van der Waals surface area contributed by atoms with Gasteiger partial charge in [0.2, 0.25) is 0 Å². The van der Waals surface area contributed by atoms with Gasteiger partial charge in [0, 0.05) is 13.1 Å². The quantitative estimate of drug-likeness (QED) is 0.0283. The lowest BCUT2D eigenvalue weighted by atomic mass is 9.88. The molecule has 0 heterocycles. The van der Waals surface area contributed by atoms with E-state index in [1.165, 1.54) is 97.1 Å². The van der Waals surface area contributed by atoms with Crippen molar-refractivity contribution in [1.29, 1.82) is 0 Å². The molecule has 0 amide bonds. The first-order chi connectivity index (χ1) is 55.6. The maximum atomic E-state index is 11.2. The van der Waals surface area contributed by atoms with E-state index in [9.17, 15) is 89.4 Å². The Hall–Kier alpha value is -15.3. The Morgan fingerprint density at radius 1 is 0.265 bits per heavy atom. The minimum Gasteiger partial charge on any atom is -0.507 e. The molecule has 26 heteroatoms. The lowest BCUT2D eigenvalue weighted by molar-refractivity contribution is 0.0682. The molecule has 0 saturated carbocycles. The maximum absolute atomic E-state index is 11.2. The summed E-state index contributed by atoms with van der Waals surface area (Å²) in [4.78, 5) is 88.9. The molecule has 598 valence electrons. The Balaban J connectivity index is 0.000000178. The number of aryl methyl sites for hydroxylation is 4. The monoisotopic (exact) mass is 1580 g/mol. The Morgan fingerprint density at radius 3 is 0.778 bits per heavy atom. The number of aromatic carboxylic acids is 8. The summed E-state index contributed by atoms with van der Waals surface area (Å²) in [6.07, 6.45) is 2.93. The summed E-state index contributed by atoms with van der Waals surface area (Å²) in [5.74, 6) is -12.1. The van der Waals surface area contributed by atoms with Crippen molar-refractivity contribution >= 4 is 47.8 Å². The Kier molecular flexibility index (Phi) is 27.4. The van der Waals surface area contributed by atoms with E-state index in [1.54, 1.807) is 54.6 Å². The van der Waals surface area contributed by atoms with Crippen LogP contribution in [0.1, 0.15) is 143 Å². The van der Waals surface area contributed by atoms with Crippen LogP contribution in [0.2, 0.25) is 0 Å². The molecule has 19 N–H and O–H groups in total. The smallest absolute Gasteiger partial charge is 0.339 e. The number of carbonyl (C=O) groups is 8. The van der Waals surface area contributed by atoms with Gasteiger partial charge >= 0.3 is 47.8 Å². The van der Waals surface area contributed by atoms with E-state index in [1.807, 2.05) is 89.3 Å². The molecule has 0 aliphatic carbocycles. The lowest BCUT2D eigenvalue weighted by Crippen LogP contribution is -2.08. The van der Waals surface area contributed by atoms with Gasteiger partial charge in [0.05, 0.1) is 0 Å². The summed E-state index contributed by atoms with van der Waals surface area (Å²) in [7, 11) is 1.81. The van der Waals surface area contributed by atoms with Gasteiger partial charge in [-0.05, 0) is 265 Å². The molecule has 26 nitrogen and oxygen atoms in total. The zero-order valence-electron chi connectivity index (χ0n) is 63.4. The number of hydrogen-bond acceptors (Lipinski definition) is 18. The molecule has 12 rings (SSSR count). The molecule has 0 aliphatic rings. The van der Waals surface area contributed by atoms with Crippen molar-refractivity contribution in [3.63, 3.8) is 0 Å². The second-order valence-corrected chi connectivity index (χ2v) is 26.7. The molecule has 0 radical (unpaired) electrons. The van der Waals surface area contributed by atoms with Crippen LogP contribution in [0.3, 0.4) is 0 Å². The first-order valence-corrected chi connectivity index (χ1v) is 36.1. The molecule has 0 atom stereocenters. The third-order valence-electron chi connectivity index (χ3n) is 19.2. The van der Waals surface area contributed by atoms with Crippen LogP contribution in [0.5, 0.6) is 46.0 Å². The van der Waals surface area contributed by atoms with Crippen molar-refractivity contribution in [2.24, 2.45) is 5.73 Å². The normalized spacial score (nSPS) is 10.7. The SMILES string of the molecule is CCCc1cc(-c2ccc(C(=O)O)c(O)c2)c(CNC)cc1-c1ccc(C(=O)O)c(O)c1.CCc1cc(-c2ccc(C(=O)O)c(O)c2)c(CN)cc1-c1ccc(C(=O)O)c(O)c1.CCc1cc(-c2ccc(C(=O)O)c(O)c2)ccc1-c1ccc(C(=O)O)c(O)c1.Cc1cc(-c2ccc(C(=O)O)c(O)c2)ccc1-c1ccc(C(=O)O)c(O)c1. The van der Waals surface area contributed by atoms with Crippen LogP contribution in [0, 0.1) is 6.92 Å². The van der Waals surface area contributed by atoms with Gasteiger partial charge in [-0.2, -0.15) is 0 Å². The number of carboxylic acids is 8. The standard InChI is InChI=1S/C25H25NO6.C23H21NO6.C22H18O6.C21H16O6/c1-3-4-14-9-21(16-6-8-19(25(31)32)23(28)12-16)17(13-26-2)10-20(14)15-5-7-18(24(29)30)22(27)11-15;1-2-12-7-19(14-4-6-17(23(29)30)21(26)10-14)15(11-24)8-18(12)13-3-5-16(22(27)28)20(25)9-13;1-2-12-9-13(14-4-7-17(21(25)26)19(23)10-14)3-6-16(12)15-5-8-18(22(27)28)20(24)11-15;1-11-8-12(13-3-6-16(20(24)25)18(22)9-13)2-5-15(11)14-4-7-17(21(26)27)19(23)10-14/h5-12,26-28H,3-4,13H2,1-2H3,(H,29,30)(H,31,32);3-10,25-26H,2,11,24H2,1H3,(H,27,28)(H,29,30);3-11,23-24H,2H2,1H3,(H,25,26)(H,27,28);2-10,22-23H,1H3,(H,24,25)(H,26,27). The second kappa shape index (κ2) is 37.4. The van der Waals surface area contributed by atoms with E-state index in [2.05, 4.69) is 5.32 Å². The zero-order valence-corrected chi connectivity index (χ0v) is 63.4. The Bertz CT molecular complexity index is 5740. The molecule has 0 bridgehead atoms. The predicted molar refractivity (Wildman–Crippen MR) is 436 cm³/mol. The van der Waals surface area contributed by atoms with Crippen LogP contribution < -0.4 is 11.1 Å². The number of hydrogen-bond donors (Lipinski definition) is 18. The zero-order chi connectivity index (χ0) is 85.5. The van der Waals surface area contributed by atoms with Gasteiger partial charge < -0.3 is 92.8 Å². The van der Waals surface area contributed by atoms with Gasteiger partial charge in [-0.3, -0.25) is 0 Å². The molecular weight excluding hydrogens is 1500 g/mol. The summed E-state index contributed by atoms with van der Waals surface area (Å²) in [6, 6.07) is 54.2. The van der Waals surface area contributed by atoms with Crippen molar-refractivity contribution < 1.29 is 120 Å². The van der Waals surface area contributed by atoms with E-state index in [0.717, 1.165) is 90.7 Å². The van der Waals surface area contributed by atoms with Crippen molar-refractivity contribution in [1.82, 2.24) is 5.32 Å². The van der Waals surface area contributed by atoms with Gasteiger partial charge in [0.1, 0.15) is 90.5 Å². The molecule has 0 aromatic heterocycles. The van der Waals surface area contributed by atoms with Crippen molar-refractivity contribution in [3.05, 3.63) is 284 Å². The summed E-state index contributed by atoms with van der Waals surface area (Å²) in [5.41, 5.74) is 21.9. The van der Waals surface area contributed by atoms with E-state index in [0.29, 0.717) is 63.9 Å². The van der Waals surface area contributed by atoms with Crippen LogP contribution in [0.4, 0.5) is 0 Å². The van der Waals surface area contributed by atoms with Crippen molar-refractivity contribution in [2.75, 3.05) is 7.05 Å². The number of phenols is 8. The molecule has 0 saturated heterocycles. The molecule has 12 aromatic rings. The van der Waals surface area contributed by atoms with E-state index in [4.69, 9.17) is 36.4 Å². The lowest BCUT2D eigenvalue weighted by Gasteiger charge is -2.18. The Labute approximate surface area is 668 Å². The highest BCUT2D eigenvalue weighted by Crippen LogP contribution is 2.42. The third kappa shape index (κ3) is 19.8. The molecule has 117 heavy (non-hydrogen) atoms. The van der Waals surface area contributed by atoms with Gasteiger partial charge in [-0.25, -0.2) is 38.4 Å². The summed E-state index contributed by atoms with van der Waals surface area (Å²) >= 11 is 0. The number of aromatic hydroxyl groups is 8. The van der Waals surface area contributed by atoms with Gasteiger partial charge in [-0.15, -0.1) is 0 Å². The number of nitrogens with one attached hydrogen (secondary N) is 1. The van der Waals surface area contributed by atoms with Crippen LogP contribution in [-0.4, -0.2) is 137 Å². The van der Waals surface area contributed by atoms with Crippen LogP contribution >= 0.6 is 0 Å². The van der Waals surface area contributed by atoms with Gasteiger partial charge in [0.15, 0.2) is 0 Å². The molecule has 0 fully saturated rings. The topological polar surface area (TPSA) is 498 Å². The molecule has 0 spiro atoms. The van der Waals surface area contributed by atoms with Gasteiger partial charge in [-0.1, -0.05) is 124 Å². The second-order valence-electron chi connectivity index (χ2n) is 26.7. The van der Waals surface area contributed by atoms with E-state index < -0.39 is 47.8 Å². The minimum absolute atomic E-state index is 0.160. The molecular formula is C91H80N2O24. The van der Waals surface area contributed by atoms with E-state index >= 15 is 0 Å². The maximum Gasteiger partial charge on any atom is 0.339 e. The van der Waals surface area contributed by atoms with Crippen LogP contribution in [0.15, 0.2) is 206 Å². The Morgan fingerprint density at radius 2 is 0.487 bits per heavy atom. The highest BCUT2D eigenvalue weighted by molar-refractivity contribution is 5.98. The number of nitrogens with two attached hydrogens (primary N) is 1. The fourth-order valence-corrected chi connectivity index (χ4v) is 13.3. The highest BCUT2D eigenvalue weighted by Gasteiger charge is 2.23. The fourth-order valence-electron chi connectivity index (χ4n) is 13.3. The first-order valence-electron chi connectivity index (χ1n) is 36.1. The highest BCUT2D eigenvalue weighted by atomic mass is 16.4. The number of rotatable bonds is 23. The average molecular weight is 1590 g/mol. The first kappa shape index (κ1) is 85.7. The van der Waals surface area contributed by atoms with Crippen LogP contribution in [-0.2, 0) is 32.4 Å². The fraction of sp³-hybridized carbons (Fsp3) is 0.121. The van der Waals surface area contributed by atoms with Crippen molar-refractivity contribution in [2.45, 2.75) is 66.5 Å². The van der Waals surface area contributed by atoms with Gasteiger partial charge in [0.25, 0.3) is 0 Å². The number of carboxylic acid groups (broad SMARTS) is 8. The predicted octanol–water partition coefficient (Wildman–Crippen LogP) is 16.9. The molecule has 0 unspecified atom stereocenters. The number of benzene rings is 12.